The highest BCUT2D eigenvalue weighted by molar-refractivity contribution is 5.85. The monoisotopic (exact) mass is 416 g/mol. The fourth-order valence-corrected chi connectivity index (χ4v) is 4.72. The van der Waals surface area contributed by atoms with E-state index in [2.05, 4.69) is 60.4 Å². The lowest BCUT2D eigenvalue weighted by Gasteiger charge is -2.30. The van der Waals surface area contributed by atoms with Gasteiger partial charge in [0.2, 0.25) is 5.91 Å². The Hall–Kier alpha value is -1.85. The summed E-state index contributed by atoms with van der Waals surface area (Å²) < 4.78 is 1.82. The maximum atomic E-state index is 13.5. The van der Waals surface area contributed by atoms with Crippen LogP contribution >= 0.6 is 12.4 Å². The van der Waals surface area contributed by atoms with E-state index in [0.29, 0.717) is 5.91 Å². The van der Waals surface area contributed by atoms with E-state index in [-0.39, 0.29) is 35.7 Å². The standard InChI is InChI=1S/C23H32N4O.ClH/c1-23(2,3)18-9-7-16(8-10-18)21-6-5-11-27(21)22(28)20-14-24-13-19(20)17-12-25-26(4)15-17;/h7-10,12,15,19-21,24H,5-6,11,13-14H2,1-4H3;1H/t19-,20+,21?;/m1./s1. The maximum Gasteiger partial charge on any atom is 0.228 e. The van der Waals surface area contributed by atoms with Gasteiger partial charge in [0.05, 0.1) is 18.2 Å². The highest BCUT2D eigenvalue weighted by Crippen LogP contribution is 2.37. The maximum absolute atomic E-state index is 13.5. The SMILES string of the molecule is Cl.Cn1cc([C@H]2CNC[C@@H]2C(=O)N2CCCC2c2ccc(C(C)(C)C)cc2)cn1. The van der Waals surface area contributed by atoms with Crippen LogP contribution in [0.15, 0.2) is 36.7 Å². The number of rotatable bonds is 3. The second-order valence-electron chi connectivity index (χ2n) is 9.38. The molecule has 2 fully saturated rings. The second-order valence-corrected chi connectivity index (χ2v) is 9.38. The van der Waals surface area contributed by atoms with E-state index >= 15 is 0 Å². The highest BCUT2D eigenvalue weighted by Gasteiger charge is 2.40. The van der Waals surface area contributed by atoms with Crippen LogP contribution in [0.25, 0.3) is 0 Å². The summed E-state index contributed by atoms with van der Waals surface area (Å²) in [5.74, 6) is 0.505. The summed E-state index contributed by atoms with van der Waals surface area (Å²) in [6.45, 7) is 9.17. The Morgan fingerprint density at radius 1 is 1.14 bits per heavy atom. The number of benzene rings is 1. The molecule has 0 aliphatic carbocycles. The lowest BCUT2D eigenvalue weighted by molar-refractivity contribution is -0.136. The third kappa shape index (κ3) is 4.36. The molecule has 4 rings (SSSR count). The number of halogens is 1. The third-order valence-corrected chi connectivity index (χ3v) is 6.38. The summed E-state index contributed by atoms with van der Waals surface area (Å²) in [6.07, 6.45) is 6.09. The van der Waals surface area contributed by atoms with Crippen LogP contribution in [0.4, 0.5) is 0 Å². The van der Waals surface area contributed by atoms with E-state index in [4.69, 9.17) is 0 Å². The summed E-state index contributed by atoms with van der Waals surface area (Å²) in [5.41, 5.74) is 3.92. The van der Waals surface area contributed by atoms with Crippen molar-refractivity contribution in [2.24, 2.45) is 13.0 Å². The molecule has 0 saturated carbocycles. The Labute approximate surface area is 180 Å². The summed E-state index contributed by atoms with van der Waals surface area (Å²) in [6, 6.07) is 9.11. The molecule has 3 heterocycles. The first-order valence-electron chi connectivity index (χ1n) is 10.4. The first-order valence-corrected chi connectivity index (χ1v) is 10.4. The van der Waals surface area contributed by atoms with Crippen molar-refractivity contribution < 1.29 is 4.79 Å². The number of amides is 1. The van der Waals surface area contributed by atoms with Gasteiger partial charge >= 0.3 is 0 Å². The quantitative estimate of drug-likeness (QED) is 0.827. The molecule has 0 radical (unpaired) electrons. The number of nitrogens with zero attached hydrogens (tertiary/aromatic N) is 3. The number of carbonyl (C=O) groups excluding carboxylic acids is 1. The van der Waals surface area contributed by atoms with Crippen molar-refractivity contribution in [2.45, 2.75) is 51.0 Å². The van der Waals surface area contributed by atoms with Gasteiger partial charge in [-0.2, -0.15) is 5.10 Å². The van der Waals surface area contributed by atoms with Crippen molar-refractivity contribution in [1.82, 2.24) is 20.0 Å². The predicted molar refractivity (Wildman–Crippen MR) is 118 cm³/mol. The number of aryl methyl sites for hydroxylation is 1. The van der Waals surface area contributed by atoms with Crippen molar-refractivity contribution in [3.63, 3.8) is 0 Å². The van der Waals surface area contributed by atoms with E-state index in [1.54, 1.807) is 0 Å². The van der Waals surface area contributed by atoms with Crippen LogP contribution in [0.3, 0.4) is 0 Å². The minimum atomic E-state index is -0.00125. The molecule has 0 spiro atoms. The van der Waals surface area contributed by atoms with Crippen LogP contribution in [0.1, 0.15) is 62.3 Å². The van der Waals surface area contributed by atoms with Crippen molar-refractivity contribution in [3.8, 4) is 0 Å². The Morgan fingerprint density at radius 3 is 2.48 bits per heavy atom. The number of aromatic nitrogens is 2. The Balaban J connectivity index is 0.00000240. The van der Waals surface area contributed by atoms with Gasteiger partial charge < -0.3 is 10.2 Å². The van der Waals surface area contributed by atoms with Crippen LogP contribution in [0.5, 0.6) is 0 Å². The van der Waals surface area contributed by atoms with Crippen molar-refractivity contribution >= 4 is 18.3 Å². The molecule has 158 valence electrons. The Bertz CT molecular complexity index is 839. The molecule has 5 nitrogen and oxygen atoms in total. The minimum absolute atomic E-state index is 0. The molecule has 1 aromatic heterocycles. The average molecular weight is 417 g/mol. The largest absolute Gasteiger partial charge is 0.335 e. The van der Waals surface area contributed by atoms with Gasteiger partial charge in [-0.1, -0.05) is 45.0 Å². The van der Waals surface area contributed by atoms with Crippen LogP contribution in [0, 0.1) is 5.92 Å². The zero-order chi connectivity index (χ0) is 19.9. The minimum Gasteiger partial charge on any atom is -0.335 e. The molecule has 6 heteroatoms. The first kappa shape index (κ1) is 21.8. The Morgan fingerprint density at radius 2 is 1.86 bits per heavy atom. The van der Waals surface area contributed by atoms with Crippen LogP contribution in [-0.4, -0.2) is 40.2 Å². The number of hydrogen-bond acceptors (Lipinski definition) is 3. The second kappa shape index (κ2) is 8.49. The lowest BCUT2D eigenvalue weighted by atomic mass is 9.86. The molecule has 0 bridgehead atoms. The van der Waals surface area contributed by atoms with Crippen LogP contribution < -0.4 is 5.32 Å². The zero-order valence-electron chi connectivity index (χ0n) is 17.9. The molecule has 3 atom stereocenters. The summed E-state index contributed by atoms with van der Waals surface area (Å²) in [7, 11) is 1.93. The van der Waals surface area contributed by atoms with Gasteiger partial charge in [-0.05, 0) is 34.9 Å². The smallest absolute Gasteiger partial charge is 0.228 e. The van der Waals surface area contributed by atoms with Crippen LogP contribution in [-0.2, 0) is 17.3 Å². The van der Waals surface area contributed by atoms with Crippen molar-refractivity contribution in [2.75, 3.05) is 19.6 Å². The van der Waals surface area contributed by atoms with Crippen LogP contribution in [0.2, 0.25) is 0 Å². The summed E-state index contributed by atoms with van der Waals surface area (Å²) >= 11 is 0. The summed E-state index contributed by atoms with van der Waals surface area (Å²) in [5, 5.41) is 7.74. The molecule has 1 aromatic carbocycles. The molecule has 2 aliphatic heterocycles. The van der Waals surface area contributed by atoms with Gasteiger partial charge in [0, 0.05) is 38.8 Å². The molecular weight excluding hydrogens is 384 g/mol. The summed E-state index contributed by atoms with van der Waals surface area (Å²) in [4.78, 5) is 15.6. The molecule has 2 saturated heterocycles. The third-order valence-electron chi connectivity index (χ3n) is 6.38. The number of nitrogens with one attached hydrogen (secondary N) is 1. The molecule has 29 heavy (non-hydrogen) atoms. The van der Waals surface area contributed by atoms with Gasteiger partial charge in [0.1, 0.15) is 0 Å². The fourth-order valence-electron chi connectivity index (χ4n) is 4.72. The van der Waals surface area contributed by atoms with Crippen molar-refractivity contribution in [3.05, 3.63) is 53.3 Å². The molecule has 1 N–H and O–H groups in total. The topological polar surface area (TPSA) is 50.2 Å². The molecule has 1 unspecified atom stereocenters. The van der Waals surface area contributed by atoms with E-state index < -0.39 is 0 Å². The van der Waals surface area contributed by atoms with Crippen molar-refractivity contribution in [1.29, 1.82) is 0 Å². The zero-order valence-corrected chi connectivity index (χ0v) is 18.7. The molecule has 2 aliphatic rings. The normalized spacial score (nSPS) is 24.6. The predicted octanol–water partition coefficient (Wildman–Crippen LogP) is 3.81. The van der Waals surface area contributed by atoms with E-state index in [0.717, 1.165) is 38.0 Å². The average Bonchev–Trinajstić information content (AvgIpc) is 3.40. The lowest BCUT2D eigenvalue weighted by Crippen LogP contribution is -2.38. The molecule has 2 aromatic rings. The number of likely N-dealkylation sites (tertiary alicyclic amines) is 1. The Kier molecular flexibility index (Phi) is 6.39. The van der Waals surface area contributed by atoms with Gasteiger partial charge in [0.15, 0.2) is 0 Å². The van der Waals surface area contributed by atoms with E-state index in [9.17, 15) is 4.79 Å². The van der Waals surface area contributed by atoms with E-state index in [1.165, 1.54) is 11.1 Å². The van der Waals surface area contributed by atoms with Gasteiger partial charge in [-0.15, -0.1) is 12.4 Å². The highest BCUT2D eigenvalue weighted by atomic mass is 35.5. The fraction of sp³-hybridized carbons (Fsp3) is 0.565. The van der Waals surface area contributed by atoms with Gasteiger partial charge in [-0.25, -0.2) is 0 Å². The van der Waals surface area contributed by atoms with E-state index in [1.807, 2.05) is 24.1 Å². The number of hydrogen-bond donors (Lipinski definition) is 1. The number of carbonyl (C=O) groups is 1. The first-order chi connectivity index (χ1) is 13.3. The van der Waals surface area contributed by atoms with Gasteiger partial charge in [-0.3, -0.25) is 9.48 Å². The van der Waals surface area contributed by atoms with Gasteiger partial charge in [0.25, 0.3) is 0 Å². The molecule has 1 amide bonds. The molecular formula is C23H33ClN4O.